The molecule has 0 aromatic rings. The number of nitrogens with zero attached hydrogens (tertiary/aromatic N) is 2. The Morgan fingerprint density at radius 1 is 1.16 bits per heavy atom. The first-order valence-electron chi connectivity index (χ1n) is 8.48. The molecule has 0 bridgehead atoms. The maximum atomic E-state index is 2.78. The normalized spacial score (nSPS) is 28.1. The van der Waals surface area contributed by atoms with Crippen molar-refractivity contribution in [1.82, 2.24) is 9.80 Å². The van der Waals surface area contributed by atoms with Crippen LogP contribution in [0, 0.1) is 18.3 Å². The third-order valence-corrected chi connectivity index (χ3v) is 4.81. The lowest BCUT2D eigenvalue weighted by atomic mass is 9.83. The Bertz CT molecular complexity index is 242. The predicted molar refractivity (Wildman–Crippen MR) is 83.2 cm³/mol. The largest absolute Gasteiger partial charge is 0.303 e. The molecule has 111 valence electrons. The minimum Gasteiger partial charge on any atom is -0.303 e. The first kappa shape index (κ1) is 15.3. The Labute approximate surface area is 120 Å². The highest BCUT2D eigenvalue weighted by atomic mass is 15.2. The molecule has 2 aliphatic rings. The van der Waals surface area contributed by atoms with E-state index in [2.05, 4.69) is 37.0 Å². The second kappa shape index (κ2) is 7.64. The van der Waals surface area contributed by atoms with Crippen LogP contribution in [0.2, 0.25) is 0 Å². The fourth-order valence-corrected chi connectivity index (χ4v) is 3.95. The second-order valence-electron chi connectivity index (χ2n) is 6.95. The molecule has 1 radical (unpaired) electrons. The van der Waals surface area contributed by atoms with E-state index in [0.717, 1.165) is 17.9 Å². The van der Waals surface area contributed by atoms with Crippen molar-refractivity contribution in [2.45, 2.75) is 58.9 Å². The zero-order chi connectivity index (χ0) is 13.7. The van der Waals surface area contributed by atoms with Crippen LogP contribution in [0.4, 0.5) is 0 Å². The summed E-state index contributed by atoms with van der Waals surface area (Å²) in [6, 6.07) is 0.856. The van der Waals surface area contributed by atoms with Crippen LogP contribution in [-0.2, 0) is 0 Å². The van der Waals surface area contributed by atoms with Crippen LogP contribution >= 0.6 is 0 Å². The van der Waals surface area contributed by atoms with Gasteiger partial charge < -0.3 is 9.80 Å². The topological polar surface area (TPSA) is 6.48 Å². The summed E-state index contributed by atoms with van der Waals surface area (Å²) in [4.78, 5) is 5.46. The standard InChI is InChI=1S/C17H33N2/c1-4-10-19-11-6-5-7-17(19)16-8-12-18(13-9-16)14-15(2)3/h5,15-17H,4,6-14H2,1-3H3. The minimum atomic E-state index is 0.816. The summed E-state index contributed by atoms with van der Waals surface area (Å²) < 4.78 is 0. The fraction of sp³-hybridized carbons (Fsp3) is 0.941. The van der Waals surface area contributed by atoms with Gasteiger partial charge >= 0.3 is 0 Å². The third-order valence-electron chi connectivity index (χ3n) is 4.81. The fourth-order valence-electron chi connectivity index (χ4n) is 3.95. The highest BCUT2D eigenvalue weighted by molar-refractivity contribution is 4.91. The third kappa shape index (κ3) is 4.46. The van der Waals surface area contributed by atoms with Gasteiger partial charge in [0.2, 0.25) is 0 Å². The molecule has 2 nitrogen and oxygen atoms in total. The molecule has 2 aliphatic heterocycles. The molecule has 0 aromatic carbocycles. The van der Waals surface area contributed by atoms with Gasteiger partial charge in [-0.1, -0.05) is 20.8 Å². The van der Waals surface area contributed by atoms with Crippen molar-refractivity contribution in [3.8, 4) is 0 Å². The van der Waals surface area contributed by atoms with Crippen LogP contribution in [0.25, 0.3) is 0 Å². The summed E-state index contributed by atoms with van der Waals surface area (Å²) in [7, 11) is 0. The molecule has 1 unspecified atom stereocenters. The van der Waals surface area contributed by atoms with Crippen LogP contribution in [0.5, 0.6) is 0 Å². The minimum absolute atomic E-state index is 0.816. The molecule has 2 heterocycles. The molecule has 0 aromatic heterocycles. The number of hydrogen-bond acceptors (Lipinski definition) is 2. The summed E-state index contributed by atoms with van der Waals surface area (Å²) >= 11 is 0. The Balaban J connectivity index is 1.81. The Kier molecular flexibility index (Phi) is 6.15. The van der Waals surface area contributed by atoms with Gasteiger partial charge in [0.1, 0.15) is 0 Å². The SMILES string of the molecule is CCCN1CC[CH]CC1C1CCN(CC(C)C)CC1. The molecule has 2 saturated heterocycles. The molecule has 0 N–H and O–H groups in total. The lowest BCUT2D eigenvalue weighted by Gasteiger charge is -2.44. The summed E-state index contributed by atoms with van der Waals surface area (Å²) in [5, 5.41) is 0. The van der Waals surface area contributed by atoms with E-state index in [1.54, 1.807) is 0 Å². The molecule has 1 atom stereocenters. The molecule has 0 spiro atoms. The number of rotatable bonds is 5. The molecular weight excluding hydrogens is 232 g/mol. The van der Waals surface area contributed by atoms with Crippen molar-refractivity contribution in [2.24, 2.45) is 11.8 Å². The predicted octanol–water partition coefficient (Wildman–Crippen LogP) is 3.43. The lowest BCUT2D eigenvalue weighted by molar-refractivity contribution is 0.0700. The number of likely N-dealkylation sites (tertiary alicyclic amines) is 2. The average molecular weight is 265 g/mol. The van der Waals surface area contributed by atoms with Gasteiger partial charge in [-0.05, 0) is 76.5 Å². The van der Waals surface area contributed by atoms with Crippen LogP contribution < -0.4 is 0 Å². The Morgan fingerprint density at radius 3 is 2.53 bits per heavy atom. The maximum Gasteiger partial charge on any atom is 0.0127 e. The van der Waals surface area contributed by atoms with E-state index in [0.29, 0.717) is 0 Å². The summed E-state index contributed by atoms with van der Waals surface area (Å²) in [5.74, 6) is 1.77. The number of piperidine rings is 2. The van der Waals surface area contributed by atoms with Crippen molar-refractivity contribution in [3.63, 3.8) is 0 Å². The van der Waals surface area contributed by atoms with Crippen molar-refractivity contribution in [3.05, 3.63) is 6.42 Å². The van der Waals surface area contributed by atoms with Crippen molar-refractivity contribution < 1.29 is 0 Å². The zero-order valence-corrected chi connectivity index (χ0v) is 13.3. The van der Waals surface area contributed by atoms with Crippen LogP contribution in [-0.4, -0.2) is 48.6 Å². The van der Waals surface area contributed by atoms with Gasteiger partial charge in [-0.15, -0.1) is 0 Å². The second-order valence-corrected chi connectivity index (χ2v) is 6.95. The van der Waals surface area contributed by atoms with E-state index in [1.165, 1.54) is 64.8 Å². The maximum absolute atomic E-state index is 2.78. The Hall–Kier alpha value is -0.0800. The quantitative estimate of drug-likeness (QED) is 0.751. The highest BCUT2D eigenvalue weighted by Gasteiger charge is 2.31. The zero-order valence-electron chi connectivity index (χ0n) is 13.3. The van der Waals surface area contributed by atoms with Gasteiger partial charge in [0, 0.05) is 12.6 Å². The molecule has 2 fully saturated rings. The molecule has 0 aliphatic carbocycles. The summed E-state index contributed by atoms with van der Waals surface area (Å²) in [5.41, 5.74) is 0. The molecule has 0 saturated carbocycles. The van der Waals surface area contributed by atoms with Crippen LogP contribution in [0.1, 0.15) is 52.9 Å². The monoisotopic (exact) mass is 265 g/mol. The molecule has 2 rings (SSSR count). The summed E-state index contributed by atoms with van der Waals surface area (Å²) in [6.07, 6.45) is 9.34. The van der Waals surface area contributed by atoms with Crippen LogP contribution in [0.3, 0.4) is 0 Å². The first-order chi connectivity index (χ1) is 9.20. The lowest BCUT2D eigenvalue weighted by Crippen LogP contribution is -2.48. The van der Waals surface area contributed by atoms with Gasteiger partial charge in [-0.2, -0.15) is 0 Å². The Morgan fingerprint density at radius 2 is 1.89 bits per heavy atom. The van der Waals surface area contributed by atoms with Gasteiger partial charge in [0.15, 0.2) is 0 Å². The van der Waals surface area contributed by atoms with Crippen molar-refractivity contribution in [1.29, 1.82) is 0 Å². The molecule has 19 heavy (non-hydrogen) atoms. The summed E-state index contributed by atoms with van der Waals surface area (Å²) in [6.45, 7) is 13.6. The van der Waals surface area contributed by atoms with Crippen molar-refractivity contribution in [2.75, 3.05) is 32.7 Å². The van der Waals surface area contributed by atoms with E-state index in [-0.39, 0.29) is 0 Å². The molecule has 0 amide bonds. The van der Waals surface area contributed by atoms with Gasteiger partial charge in [-0.3, -0.25) is 0 Å². The van der Waals surface area contributed by atoms with E-state index in [9.17, 15) is 0 Å². The number of hydrogen-bond donors (Lipinski definition) is 0. The van der Waals surface area contributed by atoms with E-state index in [4.69, 9.17) is 0 Å². The molecule has 2 heteroatoms. The van der Waals surface area contributed by atoms with Gasteiger partial charge in [0.05, 0.1) is 0 Å². The van der Waals surface area contributed by atoms with E-state index < -0.39 is 0 Å². The van der Waals surface area contributed by atoms with E-state index in [1.807, 2.05) is 0 Å². The van der Waals surface area contributed by atoms with Gasteiger partial charge in [0.25, 0.3) is 0 Å². The molecular formula is C17H33N2. The highest BCUT2D eigenvalue weighted by Crippen LogP contribution is 2.30. The van der Waals surface area contributed by atoms with E-state index >= 15 is 0 Å². The average Bonchev–Trinajstić information content (AvgIpc) is 2.40. The van der Waals surface area contributed by atoms with Crippen LogP contribution in [0.15, 0.2) is 0 Å². The van der Waals surface area contributed by atoms with Crippen molar-refractivity contribution >= 4 is 0 Å². The van der Waals surface area contributed by atoms with Gasteiger partial charge in [-0.25, -0.2) is 0 Å². The first-order valence-corrected chi connectivity index (χ1v) is 8.48. The smallest absolute Gasteiger partial charge is 0.0127 e.